The Hall–Kier alpha value is -2.18. The Morgan fingerprint density at radius 3 is 2.71 bits per heavy atom. The number of amides is 2. The van der Waals surface area contributed by atoms with E-state index in [-0.39, 0.29) is 18.2 Å². The van der Waals surface area contributed by atoms with Crippen molar-refractivity contribution in [1.82, 2.24) is 4.90 Å². The average molecular weight is 298 g/mol. The molecule has 1 aliphatic rings. The summed E-state index contributed by atoms with van der Waals surface area (Å²) >= 11 is 0. The van der Waals surface area contributed by atoms with E-state index in [9.17, 15) is 18.4 Å². The molecule has 0 spiro atoms. The highest BCUT2D eigenvalue weighted by Crippen LogP contribution is 2.23. The van der Waals surface area contributed by atoms with Gasteiger partial charge in [0.25, 0.3) is 0 Å². The fourth-order valence-electron chi connectivity index (χ4n) is 2.49. The van der Waals surface area contributed by atoms with E-state index < -0.39 is 29.6 Å². The maximum atomic E-state index is 13.5. The van der Waals surface area contributed by atoms with Crippen LogP contribution in [0.4, 0.5) is 19.3 Å². The first-order valence-corrected chi connectivity index (χ1v) is 6.61. The van der Waals surface area contributed by atoms with Crippen molar-refractivity contribution in [3.05, 3.63) is 29.8 Å². The quantitative estimate of drug-likeness (QED) is 0.881. The zero-order valence-corrected chi connectivity index (χ0v) is 11.5. The van der Waals surface area contributed by atoms with Gasteiger partial charge in [0.2, 0.25) is 0 Å². The number of carbonyl (C=O) groups is 2. The van der Waals surface area contributed by atoms with Crippen LogP contribution in [0.2, 0.25) is 0 Å². The third-order valence-corrected chi connectivity index (χ3v) is 3.49. The first kappa shape index (κ1) is 15.2. The average Bonchev–Trinajstić information content (AvgIpc) is 2.43. The standard InChI is InChI=1S/C14H16F2N2O3/c1-8-5-9(13(19)20)7-18(6-8)14(21)17-11-4-2-3-10(15)12(11)16/h2-4,8-9H,5-7H2,1H3,(H,17,21)(H,19,20). The summed E-state index contributed by atoms with van der Waals surface area (Å²) in [5.41, 5.74) is -0.259. The van der Waals surface area contributed by atoms with Gasteiger partial charge in [0.15, 0.2) is 11.6 Å². The van der Waals surface area contributed by atoms with Gasteiger partial charge < -0.3 is 15.3 Å². The molecule has 2 amide bonds. The van der Waals surface area contributed by atoms with Crippen LogP contribution >= 0.6 is 0 Å². The summed E-state index contributed by atoms with van der Waals surface area (Å²) in [6.45, 7) is 2.28. The molecule has 2 atom stereocenters. The molecule has 1 heterocycles. The van der Waals surface area contributed by atoms with Crippen LogP contribution in [0, 0.1) is 23.5 Å². The predicted octanol–water partition coefficient (Wildman–Crippen LogP) is 2.54. The van der Waals surface area contributed by atoms with Crippen molar-refractivity contribution in [2.45, 2.75) is 13.3 Å². The minimum atomic E-state index is -1.13. The molecular weight excluding hydrogens is 282 g/mol. The molecule has 0 radical (unpaired) electrons. The Balaban J connectivity index is 2.09. The van der Waals surface area contributed by atoms with Crippen molar-refractivity contribution in [3.63, 3.8) is 0 Å². The summed E-state index contributed by atoms with van der Waals surface area (Å²) in [7, 11) is 0. The van der Waals surface area contributed by atoms with E-state index in [1.807, 2.05) is 6.92 Å². The lowest BCUT2D eigenvalue weighted by Crippen LogP contribution is -2.47. The first-order chi connectivity index (χ1) is 9.88. The highest BCUT2D eigenvalue weighted by Gasteiger charge is 2.32. The van der Waals surface area contributed by atoms with Gasteiger partial charge in [-0.1, -0.05) is 13.0 Å². The van der Waals surface area contributed by atoms with Crippen molar-refractivity contribution in [2.24, 2.45) is 11.8 Å². The van der Waals surface area contributed by atoms with Crippen molar-refractivity contribution < 1.29 is 23.5 Å². The number of carbonyl (C=O) groups excluding carboxylic acids is 1. The molecular formula is C14H16F2N2O3. The molecule has 1 saturated heterocycles. The lowest BCUT2D eigenvalue weighted by molar-refractivity contribution is -0.143. The second kappa shape index (κ2) is 6.07. The van der Waals surface area contributed by atoms with E-state index in [4.69, 9.17) is 5.11 Å². The van der Waals surface area contributed by atoms with E-state index in [2.05, 4.69) is 5.32 Å². The van der Waals surface area contributed by atoms with Crippen LogP contribution in [0.15, 0.2) is 18.2 Å². The summed E-state index contributed by atoms with van der Waals surface area (Å²) in [6.07, 6.45) is 0.493. The van der Waals surface area contributed by atoms with Crippen LogP contribution in [0.25, 0.3) is 0 Å². The first-order valence-electron chi connectivity index (χ1n) is 6.61. The van der Waals surface area contributed by atoms with Crippen molar-refractivity contribution in [1.29, 1.82) is 0 Å². The molecule has 1 aromatic rings. The van der Waals surface area contributed by atoms with Crippen molar-refractivity contribution in [2.75, 3.05) is 18.4 Å². The largest absolute Gasteiger partial charge is 0.481 e. The number of hydrogen-bond acceptors (Lipinski definition) is 2. The zero-order valence-electron chi connectivity index (χ0n) is 11.5. The molecule has 0 aromatic heterocycles. The maximum Gasteiger partial charge on any atom is 0.321 e. The van der Waals surface area contributed by atoms with Crippen LogP contribution in [0.5, 0.6) is 0 Å². The Morgan fingerprint density at radius 1 is 1.33 bits per heavy atom. The number of halogens is 2. The number of nitrogens with one attached hydrogen (secondary N) is 1. The summed E-state index contributed by atoms with van der Waals surface area (Å²) in [5, 5.41) is 11.3. The van der Waals surface area contributed by atoms with E-state index in [1.54, 1.807) is 0 Å². The van der Waals surface area contributed by atoms with E-state index in [0.717, 1.165) is 6.07 Å². The molecule has 1 fully saturated rings. The lowest BCUT2D eigenvalue weighted by atomic mass is 9.91. The predicted molar refractivity (Wildman–Crippen MR) is 71.9 cm³/mol. The third kappa shape index (κ3) is 3.48. The zero-order chi connectivity index (χ0) is 15.6. The van der Waals surface area contributed by atoms with Gasteiger partial charge in [-0.05, 0) is 24.5 Å². The van der Waals surface area contributed by atoms with Crippen molar-refractivity contribution in [3.8, 4) is 0 Å². The molecule has 2 unspecified atom stereocenters. The number of benzene rings is 1. The van der Waals surface area contributed by atoms with Gasteiger partial charge in [-0.3, -0.25) is 4.79 Å². The molecule has 0 bridgehead atoms. The van der Waals surface area contributed by atoms with Gasteiger partial charge in [0, 0.05) is 13.1 Å². The number of anilines is 1. The van der Waals surface area contributed by atoms with Crippen LogP contribution < -0.4 is 5.32 Å². The molecule has 7 heteroatoms. The minimum absolute atomic E-state index is 0.0305. The molecule has 2 rings (SSSR count). The Morgan fingerprint density at radius 2 is 2.05 bits per heavy atom. The molecule has 21 heavy (non-hydrogen) atoms. The van der Waals surface area contributed by atoms with Crippen LogP contribution in [-0.2, 0) is 4.79 Å². The minimum Gasteiger partial charge on any atom is -0.481 e. The second-order valence-corrected chi connectivity index (χ2v) is 5.31. The number of nitrogens with zero attached hydrogens (tertiary/aromatic N) is 1. The number of carboxylic acid groups (broad SMARTS) is 1. The van der Waals surface area contributed by atoms with Crippen molar-refractivity contribution >= 4 is 17.7 Å². The third-order valence-electron chi connectivity index (χ3n) is 3.49. The lowest BCUT2D eigenvalue weighted by Gasteiger charge is -2.34. The second-order valence-electron chi connectivity index (χ2n) is 5.31. The Labute approximate surface area is 120 Å². The van der Waals surface area contributed by atoms with Gasteiger partial charge in [-0.15, -0.1) is 0 Å². The summed E-state index contributed by atoms with van der Waals surface area (Å²) < 4.78 is 26.6. The Bertz CT molecular complexity index is 565. The highest BCUT2D eigenvalue weighted by molar-refractivity contribution is 5.90. The van der Waals surface area contributed by atoms with Gasteiger partial charge in [-0.2, -0.15) is 0 Å². The molecule has 5 nitrogen and oxygen atoms in total. The number of carboxylic acids is 1. The SMILES string of the molecule is CC1CC(C(=O)O)CN(C(=O)Nc2cccc(F)c2F)C1. The molecule has 1 aromatic carbocycles. The molecule has 2 N–H and O–H groups in total. The number of piperidine rings is 1. The fraction of sp³-hybridized carbons (Fsp3) is 0.429. The number of aliphatic carboxylic acids is 1. The topological polar surface area (TPSA) is 69.6 Å². The number of likely N-dealkylation sites (tertiary alicyclic amines) is 1. The molecule has 114 valence electrons. The molecule has 0 aliphatic carbocycles. The van der Waals surface area contributed by atoms with Gasteiger partial charge >= 0.3 is 12.0 Å². The Kier molecular flexibility index (Phi) is 4.40. The van der Waals surface area contributed by atoms with Gasteiger partial charge in [-0.25, -0.2) is 13.6 Å². The van der Waals surface area contributed by atoms with Crippen LogP contribution in [0.3, 0.4) is 0 Å². The van der Waals surface area contributed by atoms with E-state index >= 15 is 0 Å². The monoisotopic (exact) mass is 298 g/mol. The number of urea groups is 1. The molecule has 0 saturated carbocycles. The normalized spacial score (nSPS) is 22.0. The maximum absolute atomic E-state index is 13.5. The summed E-state index contributed by atoms with van der Waals surface area (Å²) in [6, 6.07) is 2.86. The summed E-state index contributed by atoms with van der Waals surface area (Å²) in [5.74, 6) is -3.76. The summed E-state index contributed by atoms with van der Waals surface area (Å²) in [4.78, 5) is 24.5. The van der Waals surface area contributed by atoms with E-state index in [1.165, 1.54) is 17.0 Å². The number of rotatable bonds is 2. The fourth-order valence-corrected chi connectivity index (χ4v) is 2.49. The van der Waals surface area contributed by atoms with Crippen LogP contribution in [-0.4, -0.2) is 35.1 Å². The van der Waals surface area contributed by atoms with E-state index in [0.29, 0.717) is 13.0 Å². The smallest absolute Gasteiger partial charge is 0.321 e. The van der Waals surface area contributed by atoms with Crippen LogP contribution in [0.1, 0.15) is 13.3 Å². The highest BCUT2D eigenvalue weighted by atomic mass is 19.2. The van der Waals surface area contributed by atoms with Gasteiger partial charge in [0.05, 0.1) is 11.6 Å². The number of hydrogen-bond donors (Lipinski definition) is 2. The molecule has 1 aliphatic heterocycles. The van der Waals surface area contributed by atoms with Gasteiger partial charge in [0.1, 0.15) is 0 Å².